The first kappa shape index (κ1) is 20.0. The first-order valence-corrected chi connectivity index (χ1v) is 11.7. The van der Waals surface area contributed by atoms with E-state index in [-0.39, 0.29) is 16.8 Å². The highest BCUT2D eigenvalue weighted by Gasteiger charge is 2.34. The molecule has 0 N–H and O–H groups in total. The van der Waals surface area contributed by atoms with Gasteiger partial charge in [0.25, 0.3) is 5.91 Å². The number of hydrogen-bond donors (Lipinski definition) is 0. The quantitative estimate of drug-likeness (QED) is 0.728. The maximum Gasteiger partial charge on any atom is 0.254 e. The standard InChI is InChI=1S/C22H27N3O3S/c1-17-5-8-20(29(27,28)24-13-3-2-4-14-24)15-21(17)22(26)25(19-6-7-19)16-18-9-11-23-12-10-18/h5,8-12,15,19H,2-4,6-7,13-14,16H2,1H3. The molecule has 1 aliphatic heterocycles. The lowest BCUT2D eigenvalue weighted by atomic mass is 10.1. The SMILES string of the molecule is Cc1ccc(S(=O)(=O)N2CCCCC2)cc1C(=O)N(Cc1ccncc1)C1CC1. The highest BCUT2D eigenvalue weighted by molar-refractivity contribution is 7.89. The molecule has 154 valence electrons. The molecule has 0 unspecified atom stereocenters. The van der Waals surface area contributed by atoms with Crippen molar-refractivity contribution in [1.82, 2.24) is 14.2 Å². The molecule has 6 nitrogen and oxygen atoms in total. The fraction of sp³-hybridized carbons (Fsp3) is 0.455. The van der Waals surface area contributed by atoms with Crippen molar-refractivity contribution in [3.05, 3.63) is 59.4 Å². The van der Waals surface area contributed by atoms with E-state index >= 15 is 0 Å². The lowest BCUT2D eigenvalue weighted by molar-refractivity contribution is 0.0729. The number of carbonyl (C=O) groups excluding carboxylic acids is 1. The zero-order chi connectivity index (χ0) is 20.4. The summed E-state index contributed by atoms with van der Waals surface area (Å²) in [5, 5.41) is 0. The Morgan fingerprint density at radius 3 is 2.45 bits per heavy atom. The van der Waals surface area contributed by atoms with Gasteiger partial charge in [-0.2, -0.15) is 4.31 Å². The van der Waals surface area contributed by atoms with E-state index < -0.39 is 10.0 Å². The van der Waals surface area contributed by atoms with Crippen LogP contribution in [-0.2, 0) is 16.6 Å². The van der Waals surface area contributed by atoms with E-state index in [0.717, 1.165) is 43.2 Å². The van der Waals surface area contributed by atoms with Crippen molar-refractivity contribution in [2.24, 2.45) is 0 Å². The fourth-order valence-corrected chi connectivity index (χ4v) is 5.38. The maximum absolute atomic E-state index is 13.4. The molecule has 1 saturated heterocycles. The van der Waals surface area contributed by atoms with Gasteiger partial charge in [-0.25, -0.2) is 8.42 Å². The van der Waals surface area contributed by atoms with Crippen LogP contribution in [0.3, 0.4) is 0 Å². The van der Waals surface area contributed by atoms with Gasteiger partial charge in [-0.3, -0.25) is 9.78 Å². The second-order valence-corrected chi connectivity index (χ2v) is 9.90. The van der Waals surface area contributed by atoms with Gasteiger partial charge in [-0.05, 0) is 68.0 Å². The molecular weight excluding hydrogens is 386 g/mol. The summed E-state index contributed by atoms with van der Waals surface area (Å²) >= 11 is 0. The third-order valence-electron chi connectivity index (χ3n) is 5.74. The van der Waals surface area contributed by atoms with E-state index in [1.54, 1.807) is 34.9 Å². The Labute approximate surface area is 172 Å². The molecule has 1 amide bonds. The number of sulfonamides is 1. The first-order valence-electron chi connectivity index (χ1n) is 10.3. The minimum absolute atomic E-state index is 0.0995. The molecule has 1 aliphatic carbocycles. The second kappa shape index (κ2) is 8.24. The average Bonchev–Trinajstić information content (AvgIpc) is 3.58. The topological polar surface area (TPSA) is 70.6 Å². The monoisotopic (exact) mass is 413 g/mol. The Morgan fingerprint density at radius 2 is 1.79 bits per heavy atom. The van der Waals surface area contributed by atoms with Crippen molar-refractivity contribution >= 4 is 15.9 Å². The van der Waals surface area contributed by atoms with Crippen molar-refractivity contribution in [3.63, 3.8) is 0 Å². The van der Waals surface area contributed by atoms with Gasteiger partial charge in [0.15, 0.2) is 0 Å². The predicted octanol–water partition coefficient (Wildman–Crippen LogP) is 3.37. The molecule has 4 rings (SSSR count). The van der Waals surface area contributed by atoms with E-state index in [4.69, 9.17) is 0 Å². The summed E-state index contributed by atoms with van der Waals surface area (Å²) in [5.74, 6) is -0.0995. The Hall–Kier alpha value is -2.25. The zero-order valence-electron chi connectivity index (χ0n) is 16.8. The summed E-state index contributed by atoms with van der Waals surface area (Å²) in [5.41, 5.74) is 2.30. The first-order chi connectivity index (χ1) is 14.0. The van der Waals surface area contributed by atoms with Crippen LogP contribution in [0.4, 0.5) is 0 Å². The summed E-state index contributed by atoms with van der Waals surface area (Å²) in [6.45, 7) is 3.47. The molecule has 1 aromatic carbocycles. The van der Waals surface area contributed by atoms with Crippen LogP contribution in [0.2, 0.25) is 0 Å². The van der Waals surface area contributed by atoms with Crippen LogP contribution in [-0.4, -0.2) is 47.6 Å². The molecule has 29 heavy (non-hydrogen) atoms. The van der Waals surface area contributed by atoms with E-state index in [9.17, 15) is 13.2 Å². The van der Waals surface area contributed by atoms with Gasteiger partial charge in [0.2, 0.25) is 10.0 Å². The van der Waals surface area contributed by atoms with Gasteiger partial charge in [0.1, 0.15) is 0 Å². The molecule has 0 radical (unpaired) electrons. The molecule has 2 heterocycles. The smallest absolute Gasteiger partial charge is 0.254 e. The number of aryl methyl sites for hydroxylation is 1. The van der Waals surface area contributed by atoms with Crippen LogP contribution in [0, 0.1) is 6.92 Å². The van der Waals surface area contributed by atoms with Crippen LogP contribution in [0.25, 0.3) is 0 Å². The Kier molecular flexibility index (Phi) is 5.69. The van der Waals surface area contributed by atoms with E-state index in [1.165, 1.54) is 0 Å². The van der Waals surface area contributed by atoms with Crippen molar-refractivity contribution in [1.29, 1.82) is 0 Å². The average molecular weight is 414 g/mol. The van der Waals surface area contributed by atoms with Gasteiger partial charge in [-0.1, -0.05) is 12.5 Å². The molecular formula is C22H27N3O3S. The number of rotatable bonds is 6. The largest absolute Gasteiger partial charge is 0.331 e. The number of amides is 1. The number of piperidine rings is 1. The van der Waals surface area contributed by atoms with Crippen LogP contribution in [0.1, 0.15) is 53.6 Å². The molecule has 7 heteroatoms. The highest BCUT2D eigenvalue weighted by atomic mass is 32.2. The maximum atomic E-state index is 13.4. The van der Waals surface area contributed by atoms with E-state index in [0.29, 0.717) is 25.2 Å². The van der Waals surface area contributed by atoms with Crippen molar-refractivity contribution < 1.29 is 13.2 Å². The third-order valence-corrected chi connectivity index (χ3v) is 7.64. The predicted molar refractivity (Wildman–Crippen MR) is 111 cm³/mol. The summed E-state index contributed by atoms with van der Waals surface area (Å²) in [6, 6.07) is 8.99. The van der Waals surface area contributed by atoms with Crippen molar-refractivity contribution in [3.8, 4) is 0 Å². The third kappa shape index (κ3) is 4.36. The number of carbonyl (C=O) groups is 1. The molecule has 0 atom stereocenters. The van der Waals surface area contributed by atoms with Crippen molar-refractivity contribution in [2.75, 3.05) is 13.1 Å². The van der Waals surface area contributed by atoms with Gasteiger partial charge in [0, 0.05) is 43.6 Å². The van der Waals surface area contributed by atoms with Gasteiger partial charge in [0.05, 0.1) is 4.90 Å². The van der Waals surface area contributed by atoms with Crippen LogP contribution >= 0.6 is 0 Å². The highest BCUT2D eigenvalue weighted by Crippen LogP contribution is 2.31. The van der Waals surface area contributed by atoms with Crippen LogP contribution in [0.15, 0.2) is 47.6 Å². The van der Waals surface area contributed by atoms with Gasteiger partial charge >= 0.3 is 0 Å². The van der Waals surface area contributed by atoms with Gasteiger partial charge in [-0.15, -0.1) is 0 Å². The molecule has 2 aliphatic rings. The molecule has 0 bridgehead atoms. The second-order valence-electron chi connectivity index (χ2n) is 7.96. The fourth-order valence-electron chi connectivity index (χ4n) is 3.84. The number of nitrogens with zero attached hydrogens (tertiary/aromatic N) is 3. The Morgan fingerprint density at radius 1 is 1.10 bits per heavy atom. The van der Waals surface area contributed by atoms with Crippen LogP contribution < -0.4 is 0 Å². The number of aromatic nitrogens is 1. The minimum Gasteiger partial charge on any atom is -0.331 e. The molecule has 2 fully saturated rings. The molecule has 2 aromatic rings. The zero-order valence-corrected chi connectivity index (χ0v) is 17.6. The summed E-state index contributed by atoms with van der Waals surface area (Å²) in [7, 11) is -3.57. The number of pyridine rings is 1. The molecule has 1 aromatic heterocycles. The van der Waals surface area contributed by atoms with Crippen LogP contribution in [0.5, 0.6) is 0 Å². The minimum atomic E-state index is -3.57. The lowest BCUT2D eigenvalue weighted by Crippen LogP contribution is -2.36. The number of hydrogen-bond acceptors (Lipinski definition) is 4. The number of benzene rings is 1. The van der Waals surface area contributed by atoms with Gasteiger partial charge < -0.3 is 4.90 Å². The Bertz CT molecular complexity index is 982. The summed E-state index contributed by atoms with van der Waals surface area (Å²) in [6.07, 6.45) is 8.26. The normalized spacial score (nSPS) is 17.8. The van der Waals surface area contributed by atoms with E-state index in [1.807, 2.05) is 24.0 Å². The Balaban J connectivity index is 1.63. The lowest BCUT2D eigenvalue weighted by Gasteiger charge is -2.27. The summed E-state index contributed by atoms with van der Waals surface area (Å²) < 4.78 is 27.7. The van der Waals surface area contributed by atoms with Crippen molar-refractivity contribution in [2.45, 2.75) is 56.5 Å². The molecule has 0 spiro atoms. The summed E-state index contributed by atoms with van der Waals surface area (Å²) in [4.78, 5) is 19.5. The van der Waals surface area contributed by atoms with E-state index in [2.05, 4.69) is 4.98 Å². The molecule has 1 saturated carbocycles.